The number of allylic oxidation sites excluding steroid dienone is 1. The molecule has 2 atom stereocenters. The highest BCUT2D eigenvalue weighted by atomic mass is 28.3. The van der Waals surface area contributed by atoms with Gasteiger partial charge in [-0.25, -0.2) is 0 Å². The minimum atomic E-state index is -2.21. The van der Waals surface area contributed by atoms with Gasteiger partial charge in [0.1, 0.15) is 13.3 Å². The molecule has 4 heteroatoms. The number of esters is 1. The van der Waals surface area contributed by atoms with Crippen LogP contribution in [0.1, 0.15) is 53.5 Å². The van der Waals surface area contributed by atoms with E-state index in [1.165, 1.54) is 0 Å². The highest BCUT2D eigenvalue weighted by Crippen LogP contribution is 2.45. The molecule has 1 aromatic rings. The first kappa shape index (κ1) is 21.6. The number of carbonyl (C=O) groups is 1. The second kappa shape index (κ2) is 8.81. The van der Waals surface area contributed by atoms with Crippen LogP contribution < -0.4 is 0 Å². The number of benzene rings is 1. The predicted molar refractivity (Wildman–Crippen MR) is 107 cm³/mol. The molecule has 0 aliphatic carbocycles. The quantitative estimate of drug-likeness (QED) is 0.350. The Morgan fingerprint density at radius 2 is 1.76 bits per heavy atom. The molecule has 0 spiro atoms. The molecular formula is C21H34O3Si. The second-order valence-electron chi connectivity index (χ2n) is 8.00. The fourth-order valence-corrected chi connectivity index (χ4v) is 6.60. The molecule has 0 amide bonds. The van der Waals surface area contributed by atoms with E-state index >= 15 is 0 Å². The van der Waals surface area contributed by atoms with E-state index in [-0.39, 0.29) is 11.0 Å². The molecule has 0 saturated carbocycles. The maximum Gasteiger partial charge on any atom is 0.306 e. The Morgan fingerprint density at radius 1 is 1.16 bits per heavy atom. The van der Waals surface area contributed by atoms with Crippen LogP contribution in [0.2, 0.25) is 11.6 Å². The van der Waals surface area contributed by atoms with E-state index in [0.29, 0.717) is 19.3 Å². The van der Waals surface area contributed by atoms with Crippen molar-refractivity contribution < 1.29 is 14.3 Å². The van der Waals surface area contributed by atoms with E-state index < -0.39 is 13.3 Å². The summed E-state index contributed by atoms with van der Waals surface area (Å²) in [5.41, 5.74) is 1.16. The molecule has 3 nitrogen and oxygen atoms in total. The minimum Gasteiger partial charge on any atom is -0.459 e. The van der Waals surface area contributed by atoms with Crippen LogP contribution in [0.4, 0.5) is 0 Å². The first-order valence-corrected chi connectivity index (χ1v) is 11.8. The van der Waals surface area contributed by atoms with E-state index in [9.17, 15) is 4.79 Å². The summed E-state index contributed by atoms with van der Waals surface area (Å²) in [4.78, 5) is 12.1. The average molecular weight is 363 g/mol. The maximum absolute atomic E-state index is 12.1. The number of hydrogen-bond donors (Lipinski definition) is 0. The van der Waals surface area contributed by atoms with Crippen LogP contribution >= 0.6 is 0 Å². The van der Waals surface area contributed by atoms with E-state index in [0.717, 1.165) is 5.56 Å². The lowest BCUT2D eigenvalue weighted by molar-refractivity contribution is -0.149. The largest absolute Gasteiger partial charge is 0.459 e. The summed E-state index contributed by atoms with van der Waals surface area (Å²) in [6.07, 6.45) is 5.04. The SMILES string of the molecule is C/C=C/[C@](C)(OC(=O)CC)[Si@@](C)(COCc1ccccc1)C(C)(C)C. The highest BCUT2D eigenvalue weighted by molar-refractivity contribution is 6.84. The van der Waals surface area contributed by atoms with Crippen LogP contribution in [0.3, 0.4) is 0 Å². The molecule has 0 radical (unpaired) electrons. The van der Waals surface area contributed by atoms with Gasteiger partial charge in [-0.15, -0.1) is 0 Å². The monoisotopic (exact) mass is 362 g/mol. The third kappa shape index (κ3) is 5.29. The highest BCUT2D eigenvalue weighted by Gasteiger charge is 2.55. The van der Waals surface area contributed by atoms with E-state index in [1.54, 1.807) is 0 Å². The number of hydrogen-bond acceptors (Lipinski definition) is 3. The van der Waals surface area contributed by atoms with Crippen LogP contribution in [0.5, 0.6) is 0 Å². The van der Waals surface area contributed by atoms with Crippen LogP contribution in [-0.4, -0.2) is 25.5 Å². The zero-order valence-electron chi connectivity index (χ0n) is 16.9. The summed E-state index contributed by atoms with van der Waals surface area (Å²) in [5, 5.41) is -0.601. The van der Waals surface area contributed by atoms with Gasteiger partial charge in [-0.1, -0.05) is 70.6 Å². The predicted octanol–water partition coefficient (Wildman–Crippen LogP) is 5.45. The lowest BCUT2D eigenvalue weighted by atomic mass is 10.2. The lowest BCUT2D eigenvalue weighted by Crippen LogP contribution is -2.64. The van der Waals surface area contributed by atoms with Gasteiger partial charge in [0.25, 0.3) is 0 Å². The molecule has 1 aromatic carbocycles. The molecule has 0 bridgehead atoms. The molecule has 0 aliphatic heterocycles. The summed E-state index contributed by atoms with van der Waals surface area (Å²) in [7, 11) is -2.21. The Hall–Kier alpha value is -1.39. The number of carbonyl (C=O) groups excluding carboxylic acids is 1. The molecule has 0 heterocycles. The first-order valence-electron chi connectivity index (χ1n) is 9.07. The van der Waals surface area contributed by atoms with Gasteiger partial charge in [0.15, 0.2) is 0 Å². The molecule has 0 unspecified atom stereocenters. The van der Waals surface area contributed by atoms with Crippen molar-refractivity contribution in [3.63, 3.8) is 0 Å². The van der Waals surface area contributed by atoms with Crippen molar-refractivity contribution >= 4 is 14.0 Å². The van der Waals surface area contributed by atoms with Gasteiger partial charge >= 0.3 is 5.97 Å². The molecule has 0 N–H and O–H groups in total. The topological polar surface area (TPSA) is 35.5 Å². The van der Waals surface area contributed by atoms with Crippen molar-refractivity contribution in [2.24, 2.45) is 0 Å². The Balaban J connectivity index is 3.07. The smallest absolute Gasteiger partial charge is 0.306 e. The van der Waals surface area contributed by atoms with Gasteiger partial charge in [-0.05, 0) is 30.5 Å². The fourth-order valence-electron chi connectivity index (χ4n) is 3.01. The third-order valence-corrected chi connectivity index (χ3v) is 11.9. The Labute approximate surface area is 154 Å². The molecular weight excluding hydrogens is 328 g/mol. The number of rotatable bonds is 8. The molecule has 1 rings (SSSR count). The summed E-state index contributed by atoms with van der Waals surface area (Å²) in [5.74, 6) is -0.161. The summed E-state index contributed by atoms with van der Waals surface area (Å²) in [6, 6.07) is 10.2. The second-order valence-corrected chi connectivity index (χ2v) is 13.4. The molecule has 140 valence electrons. The molecule has 0 saturated heterocycles. The maximum atomic E-state index is 12.1. The van der Waals surface area contributed by atoms with Gasteiger partial charge in [0.2, 0.25) is 0 Å². The van der Waals surface area contributed by atoms with Crippen molar-refractivity contribution in [2.75, 3.05) is 6.23 Å². The van der Waals surface area contributed by atoms with E-state index in [1.807, 2.05) is 51.1 Å². The minimum absolute atomic E-state index is 0.00592. The van der Waals surface area contributed by atoms with Crippen LogP contribution in [0, 0.1) is 0 Å². The van der Waals surface area contributed by atoms with Crippen molar-refractivity contribution in [3.8, 4) is 0 Å². The Kier molecular flexibility index (Phi) is 7.63. The van der Waals surface area contributed by atoms with Gasteiger partial charge < -0.3 is 9.47 Å². The Morgan fingerprint density at radius 3 is 2.24 bits per heavy atom. The van der Waals surface area contributed by atoms with Gasteiger partial charge in [0, 0.05) is 12.7 Å². The molecule has 0 fully saturated rings. The summed E-state index contributed by atoms with van der Waals surface area (Å²) >= 11 is 0. The summed E-state index contributed by atoms with van der Waals surface area (Å²) < 4.78 is 12.1. The van der Waals surface area contributed by atoms with Gasteiger partial charge in [0.05, 0.1) is 6.61 Å². The van der Waals surface area contributed by atoms with Crippen LogP contribution in [0.25, 0.3) is 0 Å². The normalized spacial score (nSPS) is 17.1. The average Bonchev–Trinajstić information content (AvgIpc) is 2.54. The third-order valence-electron chi connectivity index (χ3n) is 5.35. The molecule has 0 aliphatic rings. The van der Waals surface area contributed by atoms with Crippen LogP contribution in [0.15, 0.2) is 42.5 Å². The Bertz CT molecular complexity index is 577. The zero-order valence-corrected chi connectivity index (χ0v) is 17.9. The van der Waals surface area contributed by atoms with Gasteiger partial charge in [-0.3, -0.25) is 4.79 Å². The van der Waals surface area contributed by atoms with E-state index in [4.69, 9.17) is 9.47 Å². The first-order chi connectivity index (χ1) is 11.6. The van der Waals surface area contributed by atoms with Crippen molar-refractivity contribution in [1.29, 1.82) is 0 Å². The van der Waals surface area contributed by atoms with Crippen molar-refractivity contribution in [2.45, 2.75) is 71.4 Å². The standard InChI is InChI=1S/C21H34O3Si/c1-8-15-21(6,24-19(22)9-2)25(7,20(3,4)5)17-23-16-18-13-11-10-12-14-18/h8,10-15H,9,16-17H2,1-7H3/b15-8+/t21-,25+/m1/s1. The summed E-state index contributed by atoms with van der Waals surface area (Å²) in [6.45, 7) is 15.4. The van der Waals surface area contributed by atoms with Crippen molar-refractivity contribution in [3.05, 3.63) is 48.0 Å². The molecule has 25 heavy (non-hydrogen) atoms. The van der Waals surface area contributed by atoms with Crippen LogP contribution in [-0.2, 0) is 20.9 Å². The molecule has 0 aromatic heterocycles. The lowest BCUT2D eigenvalue weighted by Gasteiger charge is -2.50. The van der Waals surface area contributed by atoms with E-state index in [2.05, 4.69) is 39.5 Å². The van der Waals surface area contributed by atoms with Gasteiger partial charge in [-0.2, -0.15) is 0 Å². The number of ether oxygens (including phenoxy) is 2. The van der Waals surface area contributed by atoms with Crippen molar-refractivity contribution in [1.82, 2.24) is 0 Å². The zero-order chi connectivity index (χ0) is 19.1. The fraction of sp³-hybridized carbons (Fsp3) is 0.571.